The van der Waals surface area contributed by atoms with Crippen LogP contribution in [0.15, 0.2) is 10.6 Å². The van der Waals surface area contributed by atoms with Crippen LogP contribution in [0.3, 0.4) is 0 Å². The van der Waals surface area contributed by atoms with Gasteiger partial charge in [0.2, 0.25) is 5.89 Å². The van der Waals surface area contributed by atoms with Gasteiger partial charge in [0.15, 0.2) is 0 Å². The molecule has 1 saturated heterocycles. The molecular weight excluding hydrogens is 168 g/mol. The van der Waals surface area contributed by atoms with E-state index in [1.807, 2.05) is 6.92 Å². The molecule has 0 aliphatic carbocycles. The number of piperidine rings is 1. The van der Waals surface area contributed by atoms with Gasteiger partial charge in [-0.05, 0) is 6.92 Å². The summed E-state index contributed by atoms with van der Waals surface area (Å²) in [5, 5.41) is 3.20. The SMILES string of the molecule is Cc1cnc(C2CC(=O)CCN2)o1. The average Bonchev–Trinajstić information content (AvgIpc) is 2.52. The van der Waals surface area contributed by atoms with Gasteiger partial charge in [0.1, 0.15) is 11.5 Å². The van der Waals surface area contributed by atoms with Crippen molar-refractivity contribution in [3.05, 3.63) is 17.8 Å². The summed E-state index contributed by atoms with van der Waals surface area (Å²) in [6, 6.07) is -0.0186. The van der Waals surface area contributed by atoms with Gasteiger partial charge in [0, 0.05) is 19.4 Å². The summed E-state index contributed by atoms with van der Waals surface area (Å²) in [5.41, 5.74) is 0. The second-order valence-electron chi connectivity index (χ2n) is 3.31. The molecule has 1 aliphatic rings. The normalized spacial score (nSPS) is 23.5. The number of Topliss-reactive ketones (excluding diaryl/α,β-unsaturated/α-hetero) is 1. The van der Waals surface area contributed by atoms with Crippen LogP contribution in [-0.2, 0) is 4.79 Å². The predicted octanol–water partition coefficient (Wildman–Crippen LogP) is 0.977. The second kappa shape index (κ2) is 3.30. The molecule has 1 aliphatic heterocycles. The Balaban J connectivity index is 2.12. The minimum Gasteiger partial charge on any atom is -0.444 e. The lowest BCUT2D eigenvalue weighted by Gasteiger charge is -2.19. The highest BCUT2D eigenvalue weighted by atomic mass is 16.4. The van der Waals surface area contributed by atoms with E-state index in [1.165, 1.54) is 0 Å². The predicted molar refractivity (Wildman–Crippen MR) is 46.2 cm³/mol. The Hall–Kier alpha value is -1.16. The third-order valence-corrected chi connectivity index (χ3v) is 2.16. The molecule has 0 saturated carbocycles. The van der Waals surface area contributed by atoms with Crippen molar-refractivity contribution < 1.29 is 9.21 Å². The van der Waals surface area contributed by atoms with Crippen LogP contribution in [0.25, 0.3) is 0 Å². The van der Waals surface area contributed by atoms with Crippen LogP contribution in [0.1, 0.15) is 30.5 Å². The summed E-state index contributed by atoms with van der Waals surface area (Å²) in [6.07, 6.45) is 2.80. The molecule has 0 spiro atoms. The second-order valence-corrected chi connectivity index (χ2v) is 3.31. The topological polar surface area (TPSA) is 55.1 Å². The van der Waals surface area contributed by atoms with Crippen LogP contribution in [0, 0.1) is 6.92 Å². The molecule has 1 aromatic heterocycles. The van der Waals surface area contributed by atoms with E-state index in [0.717, 1.165) is 12.3 Å². The van der Waals surface area contributed by atoms with Gasteiger partial charge >= 0.3 is 0 Å². The largest absolute Gasteiger partial charge is 0.444 e. The fourth-order valence-electron chi connectivity index (χ4n) is 1.50. The molecule has 70 valence electrons. The fraction of sp³-hybridized carbons (Fsp3) is 0.556. The van der Waals surface area contributed by atoms with Crippen molar-refractivity contribution in [2.45, 2.75) is 25.8 Å². The van der Waals surface area contributed by atoms with E-state index in [1.54, 1.807) is 6.20 Å². The van der Waals surface area contributed by atoms with Gasteiger partial charge in [-0.25, -0.2) is 4.98 Å². The van der Waals surface area contributed by atoms with Crippen molar-refractivity contribution in [3.8, 4) is 0 Å². The van der Waals surface area contributed by atoms with Crippen molar-refractivity contribution in [2.24, 2.45) is 0 Å². The lowest BCUT2D eigenvalue weighted by atomic mass is 10.0. The minimum absolute atomic E-state index is 0.0186. The summed E-state index contributed by atoms with van der Waals surface area (Å²) in [4.78, 5) is 15.2. The van der Waals surface area contributed by atoms with E-state index in [4.69, 9.17) is 4.42 Å². The molecule has 0 radical (unpaired) electrons. The molecule has 0 aromatic carbocycles. The molecule has 1 fully saturated rings. The molecule has 4 nitrogen and oxygen atoms in total. The van der Waals surface area contributed by atoms with Gasteiger partial charge in [-0.2, -0.15) is 0 Å². The summed E-state index contributed by atoms with van der Waals surface area (Å²) < 4.78 is 5.35. The Morgan fingerprint density at radius 1 is 1.69 bits per heavy atom. The quantitative estimate of drug-likeness (QED) is 0.699. The van der Waals surface area contributed by atoms with Crippen LogP contribution in [0.2, 0.25) is 0 Å². The van der Waals surface area contributed by atoms with Crippen molar-refractivity contribution in [1.29, 1.82) is 0 Å². The van der Waals surface area contributed by atoms with E-state index in [2.05, 4.69) is 10.3 Å². The van der Waals surface area contributed by atoms with Gasteiger partial charge in [-0.3, -0.25) is 4.79 Å². The number of nitrogens with zero attached hydrogens (tertiary/aromatic N) is 1. The molecular formula is C9H12N2O2. The molecule has 4 heteroatoms. The number of oxazole rings is 1. The molecule has 1 aromatic rings. The molecule has 13 heavy (non-hydrogen) atoms. The average molecular weight is 180 g/mol. The maximum absolute atomic E-state index is 11.1. The zero-order chi connectivity index (χ0) is 9.26. The molecule has 0 amide bonds. The third kappa shape index (κ3) is 1.78. The summed E-state index contributed by atoms with van der Waals surface area (Å²) in [7, 11) is 0. The Kier molecular flexibility index (Phi) is 2.14. The van der Waals surface area contributed by atoms with Gasteiger partial charge in [-0.15, -0.1) is 0 Å². The Morgan fingerprint density at radius 2 is 2.54 bits per heavy atom. The lowest BCUT2D eigenvalue weighted by molar-refractivity contribution is -0.120. The summed E-state index contributed by atoms with van der Waals surface area (Å²) in [5.74, 6) is 1.69. The standard InChI is InChI=1S/C9H12N2O2/c1-6-5-11-9(13-6)8-4-7(12)2-3-10-8/h5,8,10H,2-4H2,1H3. The van der Waals surface area contributed by atoms with Gasteiger partial charge in [-0.1, -0.05) is 0 Å². The smallest absolute Gasteiger partial charge is 0.211 e. The molecule has 1 unspecified atom stereocenters. The van der Waals surface area contributed by atoms with Gasteiger partial charge in [0.05, 0.1) is 12.2 Å². The van der Waals surface area contributed by atoms with Crippen LogP contribution < -0.4 is 5.32 Å². The maximum Gasteiger partial charge on any atom is 0.211 e. The maximum atomic E-state index is 11.1. The van der Waals surface area contributed by atoms with Crippen molar-refractivity contribution in [2.75, 3.05) is 6.54 Å². The zero-order valence-electron chi connectivity index (χ0n) is 7.54. The highest BCUT2D eigenvalue weighted by Crippen LogP contribution is 2.20. The van der Waals surface area contributed by atoms with E-state index >= 15 is 0 Å². The number of hydrogen-bond donors (Lipinski definition) is 1. The first-order valence-corrected chi connectivity index (χ1v) is 4.43. The molecule has 1 N–H and O–H groups in total. The molecule has 2 rings (SSSR count). The Labute approximate surface area is 76.3 Å². The molecule has 0 bridgehead atoms. The first-order valence-electron chi connectivity index (χ1n) is 4.43. The Morgan fingerprint density at radius 3 is 3.15 bits per heavy atom. The van der Waals surface area contributed by atoms with Gasteiger partial charge in [0.25, 0.3) is 0 Å². The van der Waals surface area contributed by atoms with E-state index in [-0.39, 0.29) is 11.8 Å². The monoisotopic (exact) mass is 180 g/mol. The van der Waals surface area contributed by atoms with Crippen LogP contribution in [0.5, 0.6) is 0 Å². The number of ketones is 1. The zero-order valence-corrected chi connectivity index (χ0v) is 7.54. The number of carbonyl (C=O) groups excluding carboxylic acids is 1. The van der Waals surface area contributed by atoms with E-state index in [9.17, 15) is 4.79 Å². The van der Waals surface area contributed by atoms with Crippen molar-refractivity contribution >= 4 is 5.78 Å². The third-order valence-electron chi connectivity index (χ3n) is 2.16. The molecule has 1 atom stereocenters. The van der Waals surface area contributed by atoms with Crippen LogP contribution >= 0.6 is 0 Å². The number of carbonyl (C=O) groups is 1. The first-order chi connectivity index (χ1) is 6.25. The number of rotatable bonds is 1. The highest BCUT2D eigenvalue weighted by Gasteiger charge is 2.23. The number of aromatic nitrogens is 1. The van der Waals surface area contributed by atoms with Crippen LogP contribution in [0.4, 0.5) is 0 Å². The fourth-order valence-corrected chi connectivity index (χ4v) is 1.50. The first kappa shape index (κ1) is 8.44. The minimum atomic E-state index is -0.0186. The summed E-state index contributed by atoms with van der Waals surface area (Å²) >= 11 is 0. The lowest BCUT2D eigenvalue weighted by Crippen LogP contribution is -2.31. The number of nitrogens with one attached hydrogen (secondary N) is 1. The van der Waals surface area contributed by atoms with E-state index in [0.29, 0.717) is 18.7 Å². The van der Waals surface area contributed by atoms with Crippen LogP contribution in [-0.4, -0.2) is 17.3 Å². The number of hydrogen-bond acceptors (Lipinski definition) is 4. The van der Waals surface area contributed by atoms with Gasteiger partial charge < -0.3 is 9.73 Å². The van der Waals surface area contributed by atoms with E-state index < -0.39 is 0 Å². The van der Waals surface area contributed by atoms with Crippen molar-refractivity contribution in [1.82, 2.24) is 10.3 Å². The summed E-state index contributed by atoms with van der Waals surface area (Å²) in [6.45, 7) is 2.58. The highest BCUT2D eigenvalue weighted by molar-refractivity contribution is 5.80. The number of aryl methyl sites for hydroxylation is 1. The van der Waals surface area contributed by atoms with Crippen molar-refractivity contribution in [3.63, 3.8) is 0 Å². The Bertz CT molecular complexity index is 319. The molecule has 2 heterocycles.